The Hall–Kier alpha value is -1.83. The van der Waals surface area contributed by atoms with Crippen LogP contribution in [-0.4, -0.2) is 97.1 Å². The summed E-state index contributed by atoms with van der Waals surface area (Å²) in [5.74, 6) is 0.0158. The molecule has 0 aromatic heterocycles. The number of piperazine rings is 1. The maximum Gasteiger partial charge on any atom is 0.254 e. The van der Waals surface area contributed by atoms with Crippen LogP contribution < -0.4 is 4.90 Å². The molecule has 2 heterocycles. The van der Waals surface area contributed by atoms with Crippen LogP contribution in [0.4, 0.5) is 5.69 Å². The van der Waals surface area contributed by atoms with Gasteiger partial charge in [-0.3, -0.25) is 14.5 Å². The van der Waals surface area contributed by atoms with E-state index in [1.165, 1.54) is 4.90 Å². The van der Waals surface area contributed by atoms with E-state index in [4.69, 9.17) is 11.6 Å². The van der Waals surface area contributed by atoms with Gasteiger partial charge in [-0.25, -0.2) is 0 Å². The number of aliphatic hydroxyl groups is 1. The molecule has 1 aromatic rings. The quantitative estimate of drug-likeness (QED) is 0.707. The van der Waals surface area contributed by atoms with Gasteiger partial charge in [-0.1, -0.05) is 24.4 Å². The zero-order valence-corrected chi connectivity index (χ0v) is 20.6. The Morgan fingerprint density at radius 2 is 1.64 bits per heavy atom. The lowest BCUT2D eigenvalue weighted by Crippen LogP contribution is -2.55. The van der Waals surface area contributed by atoms with Crippen molar-refractivity contribution in [3.8, 4) is 0 Å². The van der Waals surface area contributed by atoms with Gasteiger partial charge in [0.1, 0.15) is 6.10 Å². The molecule has 1 atom stereocenters. The van der Waals surface area contributed by atoms with E-state index in [9.17, 15) is 14.7 Å². The molecule has 3 aliphatic rings. The zero-order chi connectivity index (χ0) is 23.5. The number of likely N-dealkylation sites (tertiary alicyclic amines) is 1. The predicted molar refractivity (Wildman–Crippen MR) is 131 cm³/mol. The molecule has 1 N–H and O–H groups in total. The summed E-state index contributed by atoms with van der Waals surface area (Å²) in [5.41, 5.74) is 1.58. The van der Waals surface area contributed by atoms with Crippen molar-refractivity contribution in [1.82, 2.24) is 14.7 Å². The van der Waals surface area contributed by atoms with Crippen molar-refractivity contribution >= 4 is 29.1 Å². The highest BCUT2D eigenvalue weighted by Crippen LogP contribution is 2.30. The first-order valence-electron chi connectivity index (χ1n) is 12.3. The number of hydrogen-bond acceptors (Lipinski definition) is 5. The van der Waals surface area contributed by atoms with Crippen LogP contribution in [0.1, 0.15) is 48.9 Å². The SMILES string of the molecule is CN(C)C(=O)c1ccc(N2CCN(C3CCN(C(=O)C(O)C4CCCC4)CC3)CC2)cc1Cl. The molecule has 0 radical (unpaired) electrons. The standard InChI is InChI=1S/C25H37ClN4O3/c1-27(2)24(32)21-8-7-20(17-22(21)26)29-15-13-28(14-16-29)19-9-11-30(12-10-19)25(33)23(31)18-5-3-4-6-18/h7-8,17-19,23,31H,3-6,9-16H2,1-2H3. The smallest absolute Gasteiger partial charge is 0.254 e. The number of piperidine rings is 1. The molecule has 7 nitrogen and oxygen atoms in total. The van der Waals surface area contributed by atoms with Gasteiger partial charge in [0, 0.05) is 65.1 Å². The van der Waals surface area contributed by atoms with E-state index in [1.807, 2.05) is 23.1 Å². The summed E-state index contributed by atoms with van der Waals surface area (Å²) < 4.78 is 0. The van der Waals surface area contributed by atoms with Gasteiger partial charge in [0.2, 0.25) is 0 Å². The Morgan fingerprint density at radius 3 is 2.21 bits per heavy atom. The second-order valence-electron chi connectivity index (χ2n) is 9.93. The largest absolute Gasteiger partial charge is 0.383 e. The Bertz CT molecular complexity index is 842. The molecule has 0 spiro atoms. The van der Waals surface area contributed by atoms with Crippen molar-refractivity contribution in [2.24, 2.45) is 5.92 Å². The van der Waals surface area contributed by atoms with Crippen molar-refractivity contribution in [2.45, 2.75) is 50.7 Å². The third-order valence-electron chi connectivity index (χ3n) is 7.66. The number of carbonyl (C=O) groups is 2. The van der Waals surface area contributed by atoms with Crippen LogP contribution >= 0.6 is 11.6 Å². The fraction of sp³-hybridized carbons (Fsp3) is 0.680. The van der Waals surface area contributed by atoms with Crippen LogP contribution in [0.3, 0.4) is 0 Å². The molecule has 33 heavy (non-hydrogen) atoms. The lowest BCUT2D eigenvalue weighted by molar-refractivity contribution is -0.144. The minimum absolute atomic E-state index is 0.0572. The minimum Gasteiger partial charge on any atom is -0.383 e. The average Bonchev–Trinajstić information content (AvgIpc) is 3.38. The third kappa shape index (κ3) is 5.47. The number of carbonyl (C=O) groups excluding carboxylic acids is 2. The van der Waals surface area contributed by atoms with Crippen LogP contribution in [0.2, 0.25) is 5.02 Å². The predicted octanol–water partition coefficient (Wildman–Crippen LogP) is 2.71. The fourth-order valence-electron chi connectivity index (χ4n) is 5.57. The monoisotopic (exact) mass is 476 g/mol. The number of halogens is 1. The molecule has 8 heteroatoms. The molecule has 1 unspecified atom stereocenters. The summed E-state index contributed by atoms with van der Waals surface area (Å²) in [6.45, 7) is 5.25. The van der Waals surface area contributed by atoms with Gasteiger partial charge in [0.25, 0.3) is 11.8 Å². The normalized spacial score (nSPS) is 21.9. The van der Waals surface area contributed by atoms with Crippen molar-refractivity contribution in [1.29, 1.82) is 0 Å². The molecule has 0 bridgehead atoms. The molecular formula is C25H37ClN4O3. The second kappa shape index (κ2) is 10.6. The van der Waals surface area contributed by atoms with Gasteiger partial charge in [0.15, 0.2) is 0 Å². The summed E-state index contributed by atoms with van der Waals surface area (Å²) >= 11 is 6.41. The summed E-state index contributed by atoms with van der Waals surface area (Å²) in [5, 5.41) is 11.0. The lowest BCUT2D eigenvalue weighted by Gasteiger charge is -2.43. The molecular weight excluding hydrogens is 440 g/mol. The van der Waals surface area contributed by atoms with Crippen molar-refractivity contribution in [2.75, 3.05) is 58.3 Å². The van der Waals surface area contributed by atoms with E-state index in [0.717, 1.165) is 83.5 Å². The second-order valence-corrected chi connectivity index (χ2v) is 10.3. The molecule has 1 saturated carbocycles. The molecule has 182 valence electrons. The highest BCUT2D eigenvalue weighted by atomic mass is 35.5. The number of hydrogen-bond donors (Lipinski definition) is 1. The third-order valence-corrected chi connectivity index (χ3v) is 7.97. The lowest BCUT2D eigenvalue weighted by atomic mass is 9.97. The van der Waals surface area contributed by atoms with Gasteiger partial charge in [-0.2, -0.15) is 0 Å². The summed E-state index contributed by atoms with van der Waals surface area (Å²) in [6, 6.07) is 6.19. The number of rotatable bonds is 5. The molecule has 2 aliphatic heterocycles. The molecule has 1 aromatic carbocycles. The molecule has 4 rings (SSSR count). The number of amides is 2. The fourth-order valence-corrected chi connectivity index (χ4v) is 5.83. The van der Waals surface area contributed by atoms with E-state index in [0.29, 0.717) is 16.6 Å². The van der Waals surface area contributed by atoms with Crippen LogP contribution in [0, 0.1) is 5.92 Å². The first-order valence-corrected chi connectivity index (χ1v) is 12.7. The number of benzene rings is 1. The number of nitrogens with zero attached hydrogens (tertiary/aromatic N) is 4. The molecule has 3 fully saturated rings. The summed E-state index contributed by atoms with van der Waals surface area (Å²) in [6.07, 6.45) is 5.35. The average molecular weight is 477 g/mol. The molecule has 2 saturated heterocycles. The van der Waals surface area contributed by atoms with Crippen LogP contribution in [0.15, 0.2) is 18.2 Å². The van der Waals surface area contributed by atoms with Gasteiger partial charge >= 0.3 is 0 Å². The van der Waals surface area contributed by atoms with Crippen molar-refractivity contribution in [3.63, 3.8) is 0 Å². The zero-order valence-electron chi connectivity index (χ0n) is 19.9. The number of anilines is 1. The first kappa shape index (κ1) is 24.3. The van der Waals surface area contributed by atoms with Crippen molar-refractivity contribution < 1.29 is 14.7 Å². The van der Waals surface area contributed by atoms with Gasteiger partial charge in [0.05, 0.1) is 10.6 Å². The Morgan fingerprint density at radius 1 is 1.00 bits per heavy atom. The van der Waals surface area contributed by atoms with Crippen LogP contribution in [0.5, 0.6) is 0 Å². The van der Waals surface area contributed by atoms with Crippen LogP contribution in [0.25, 0.3) is 0 Å². The van der Waals surface area contributed by atoms with Gasteiger partial charge in [-0.05, 0) is 49.8 Å². The summed E-state index contributed by atoms with van der Waals surface area (Å²) in [7, 11) is 3.45. The minimum atomic E-state index is -0.807. The molecule has 2 amide bonds. The van der Waals surface area contributed by atoms with E-state index in [1.54, 1.807) is 14.1 Å². The highest BCUT2D eigenvalue weighted by molar-refractivity contribution is 6.34. The highest BCUT2D eigenvalue weighted by Gasteiger charge is 2.35. The number of aliphatic hydroxyl groups excluding tert-OH is 1. The summed E-state index contributed by atoms with van der Waals surface area (Å²) in [4.78, 5) is 33.2. The Labute approximate surface area is 202 Å². The molecule has 1 aliphatic carbocycles. The van der Waals surface area contributed by atoms with Crippen molar-refractivity contribution in [3.05, 3.63) is 28.8 Å². The van der Waals surface area contributed by atoms with Gasteiger partial charge in [-0.15, -0.1) is 0 Å². The van der Waals surface area contributed by atoms with E-state index < -0.39 is 6.10 Å². The van der Waals surface area contributed by atoms with E-state index in [2.05, 4.69) is 9.80 Å². The van der Waals surface area contributed by atoms with E-state index >= 15 is 0 Å². The Balaban J connectivity index is 1.26. The van der Waals surface area contributed by atoms with E-state index in [-0.39, 0.29) is 17.7 Å². The topological polar surface area (TPSA) is 67.3 Å². The maximum absolute atomic E-state index is 12.7. The first-order chi connectivity index (χ1) is 15.8. The Kier molecular flexibility index (Phi) is 7.82. The van der Waals surface area contributed by atoms with Crippen LogP contribution in [-0.2, 0) is 4.79 Å². The van der Waals surface area contributed by atoms with Gasteiger partial charge < -0.3 is 19.8 Å². The maximum atomic E-state index is 12.7.